The van der Waals surface area contributed by atoms with E-state index in [9.17, 15) is 14.4 Å². The van der Waals surface area contributed by atoms with E-state index in [4.69, 9.17) is 16.3 Å². The second-order valence-corrected chi connectivity index (χ2v) is 10.2. The number of rotatable bonds is 2. The van der Waals surface area contributed by atoms with Gasteiger partial charge in [0.15, 0.2) is 0 Å². The third-order valence-corrected chi connectivity index (χ3v) is 6.44. The normalized spacial score (nSPS) is 20.9. The van der Waals surface area contributed by atoms with Crippen LogP contribution in [0, 0.1) is 0 Å². The van der Waals surface area contributed by atoms with Crippen molar-refractivity contribution in [1.29, 1.82) is 0 Å². The van der Waals surface area contributed by atoms with Gasteiger partial charge in [0.1, 0.15) is 18.4 Å². The molecule has 3 rings (SSSR count). The number of nitrogens with one attached hydrogen (secondary N) is 4. The Bertz CT molecular complexity index is 1140. The first-order chi connectivity index (χ1) is 18.2. The number of halogens is 1. The Balaban J connectivity index is 1.73. The quantitative estimate of drug-likeness (QED) is 0.468. The molecule has 8 nitrogen and oxygen atoms in total. The highest BCUT2D eigenvalue weighted by Crippen LogP contribution is 2.19. The lowest BCUT2D eigenvalue weighted by Gasteiger charge is -2.25. The van der Waals surface area contributed by atoms with Crippen LogP contribution in [-0.2, 0) is 20.8 Å². The monoisotopic (exact) mass is 540 g/mol. The molecule has 0 aromatic heterocycles. The molecule has 0 fully saturated rings. The van der Waals surface area contributed by atoms with E-state index in [0.717, 1.165) is 11.1 Å². The third kappa shape index (κ3) is 9.50. The number of carbonyl (C=O) groups is 3. The molecule has 1 atom stereocenters. The molecule has 0 bridgehead atoms. The second kappa shape index (κ2) is 14.5. The van der Waals surface area contributed by atoms with Crippen molar-refractivity contribution < 1.29 is 19.1 Å². The Hall–Kier alpha value is -3.36. The van der Waals surface area contributed by atoms with Gasteiger partial charge >= 0.3 is 0 Å². The molecular weight excluding hydrogens is 504 g/mol. The molecule has 1 aliphatic heterocycles. The molecule has 0 spiro atoms. The molecule has 2 aromatic rings. The third-order valence-electron chi connectivity index (χ3n) is 6.20. The number of fused-ring (bicyclic) bond motifs is 1. The van der Waals surface area contributed by atoms with Gasteiger partial charge in [0, 0.05) is 43.1 Å². The van der Waals surface area contributed by atoms with E-state index in [1.807, 2.05) is 62.4 Å². The van der Waals surface area contributed by atoms with E-state index >= 15 is 0 Å². The summed E-state index contributed by atoms with van der Waals surface area (Å²) in [5.41, 5.74) is 0.954. The van der Waals surface area contributed by atoms with Gasteiger partial charge in [-0.25, -0.2) is 0 Å². The van der Waals surface area contributed by atoms with Crippen LogP contribution < -0.4 is 26.0 Å². The average molecular weight is 541 g/mol. The topological polar surface area (TPSA) is 109 Å². The fourth-order valence-corrected chi connectivity index (χ4v) is 4.24. The largest absolute Gasteiger partial charge is 0.492 e. The van der Waals surface area contributed by atoms with Crippen LogP contribution in [0.2, 0.25) is 5.02 Å². The van der Waals surface area contributed by atoms with Gasteiger partial charge in [0.05, 0.1) is 5.54 Å². The van der Waals surface area contributed by atoms with E-state index in [-0.39, 0.29) is 24.1 Å². The highest BCUT2D eigenvalue weighted by atomic mass is 35.5. The molecule has 0 aliphatic carbocycles. The van der Waals surface area contributed by atoms with Gasteiger partial charge in [-0.15, -0.1) is 0 Å². The molecule has 9 heteroatoms. The standard InChI is InChI=1S/C29H37ClN4O4/c1-29(2)28(37)32-15-6-5-14-26(35)34-24(20-21-9-7-12-23(30)19-21)27(36)31-16-8-11-22-10-3-4-13-25(22)38-18-17-33-29/h3-4,7-13,19,24,33H,5-6,14-18,20H2,1-2H3,(H,31,36)(H,32,37)(H,34,35)/b11-8+/t24-/m0/s1. The molecule has 1 heterocycles. The highest BCUT2D eigenvalue weighted by Gasteiger charge is 2.26. The van der Waals surface area contributed by atoms with Gasteiger partial charge in [0.25, 0.3) is 0 Å². The van der Waals surface area contributed by atoms with E-state index in [1.54, 1.807) is 12.1 Å². The first-order valence-electron chi connectivity index (χ1n) is 13.0. The van der Waals surface area contributed by atoms with E-state index in [0.29, 0.717) is 56.3 Å². The van der Waals surface area contributed by atoms with Crippen molar-refractivity contribution in [2.75, 3.05) is 26.2 Å². The zero-order valence-electron chi connectivity index (χ0n) is 22.0. The van der Waals surface area contributed by atoms with Gasteiger partial charge in [-0.1, -0.05) is 54.1 Å². The van der Waals surface area contributed by atoms with Crippen LogP contribution in [0.15, 0.2) is 54.6 Å². The summed E-state index contributed by atoms with van der Waals surface area (Å²) in [5, 5.41) is 12.5. The van der Waals surface area contributed by atoms with Crippen LogP contribution >= 0.6 is 11.6 Å². The van der Waals surface area contributed by atoms with Crippen molar-refractivity contribution in [1.82, 2.24) is 21.3 Å². The number of hydrogen-bond donors (Lipinski definition) is 4. The maximum absolute atomic E-state index is 13.0. The van der Waals surface area contributed by atoms with Crippen LogP contribution in [0.25, 0.3) is 6.08 Å². The minimum absolute atomic E-state index is 0.116. The van der Waals surface area contributed by atoms with Gasteiger partial charge in [-0.2, -0.15) is 0 Å². The van der Waals surface area contributed by atoms with Crippen molar-refractivity contribution in [2.45, 2.75) is 51.1 Å². The molecule has 0 unspecified atom stereocenters. The summed E-state index contributed by atoms with van der Waals surface area (Å²) in [5.74, 6) is 0.0949. The summed E-state index contributed by atoms with van der Waals surface area (Å²) in [6, 6.07) is 14.1. The second-order valence-electron chi connectivity index (χ2n) is 9.75. The summed E-state index contributed by atoms with van der Waals surface area (Å²) in [6.07, 6.45) is 5.52. The van der Waals surface area contributed by atoms with Gasteiger partial charge in [-0.3, -0.25) is 14.4 Å². The van der Waals surface area contributed by atoms with E-state index in [2.05, 4.69) is 21.3 Å². The summed E-state index contributed by atoms with van der Waals surface area (Å²) in [4.78, 5) is 38.3. The van der Waals surface area contributed by atoms with Crippen LogP contribution in [0.1, 0.15) is 44.2 Å². The van der Waals surface area contributed by atoms with Crippen LogP contribution in [0.4, 0.5) is 0 Å². The number of para-hydroxylation sites is 1. The van der Waals surface area contributed by atoms with Gasteiger partial charge in [0.2, 0.25) is 17.7 Å². The van der Waals surface area contributed by atoms with Gasteiger partial charge in [-0.05, 0) is 50.5 Å². The molecule has 0 saturated carbocycles. The molecule has 0 radical (unpaired) electrons. The Labute approximate surface area is 229 Å². The van der Waals surface area contributed by atoms with Crippen molar-refractivity contribution in [3.8, 4) is 5.75 Å². The molecular formula is C29H37ClN4O4. The predicted molar refractivity (Wildman–Crippen MR) is 150 cm³/mol. The Morgan fingerprint density at radius 1 is 1.00 bits per heavy atom. The van der Waals surface area contributed by atoms with Crippen LogP contribution in [-0.4, -0.2) is 55.5 Å². The lowest BCUT2D eigenvalue weighted by molar-refractivity contribution is -0.129. The first kappa shape index (κ1) is 29.2. The fourth-order valence-electron chi connectivity index (χ4n) is 4.03. The van der Waals surface area contributed by atoms with Crippen LogP contribution in [0.3, 0.4) is 0 Å². The van der Waals surface area contributed by atoms with Gasteiger partial charge < -0.3 is 26.0 Å². The minimum Gasteiger partial charge on any atom is -0.492 e. The van der Waals surface area contributed by atoms with Crippen LogP contribution in [0.5, 0.6) is 5.75 Å². The molecule has 1 aliphatic rings. The maximum atomic E-state index is 13.0. The molecule has 0 saturated heterocycles. The zero-order chi connectivity index (χ0) is 27.4. The molecule has 38 heavy (non-hydrogen) atoms. The van der Waals surface area contributed by atoms with E-state index in [1.165, 1.54) is 0 Å². The predicted octanol–water partition coefficient (Wildman–Crippen LogP) is 3.24. The SMILES string of the molecule is CC1(C)NCCOc2ccccc2/C=C/CNC(=O)[C@H](Cc2cccc(Cl)c2)NC(=O)CCCCNC1=O. The summed E-state index contributed by atoms with van der Waals surface area (Å²) < 4.78 is 5.95. The number of carbonyl (C=O) groups excluding carboxylic acids is 3. The van der Waals surface area contributed by atoms with Crippen molar-refractivity contribution >= 4 is 35.4 Å². The Morgan fingerprint density at radius 2 is 1.82 bits per heavy atom. The lowest BCUT2D eigenvalue weighted by Crippen LogP contribution is -2.53. The summed E-state index contributed by atoms with van der Waals surface area (Å²) in [6.45, 7) is 5.27. The fraction of sp³-hybridized carbons (Fsp3) is 0.414. The van der Waals surface area contributed by atoms with Crippen molar-refractivity contribution in [3.63, 3.8) is 0 Å². The van der Waals surface area contributed by atoms with E-state index < -0.39 is 11.6 Å². The smallest absolute Gasteiger partial charge is 0.243 e. The molecule has 3 amide bonds. The summed E-state index contributed by atoms with van der Waals surface area (Å²) >= 11 is 6.12. The summed E-state index contributed by atoms with van der Waals surface area (Å²) in [7, 11) is 0. The van der Waals surface area contributed by atoms with Crippen molar-refractivity contribution in [2.24, 2.45) is 0 Å². The average Bonchev–Trinajstić information content (AvgIpc) is 2.88. The maximum Gasteiger partial charge on any atom is 0.243 e. The number of amides is 3. The Kier molecular flexibility index (Phi) is 11.2. The lowest BCUT2D eigenvalue weighted by atomic mass is 10.0. The molecule has 2 aromatic carbocycles. The highest BCUT2D eigenvalue weighted by molar-refractivity contribution is 6.30. The van der Waals surface area contributed by atoms with Crippen molar-refractivity contribution in [3.05, 3.63) is 70.8 Å². The molecule has 4 N–H and O–H groups in total. The Morgan fingerprint density at radius 3 is 2.63 bits per heavy atom. The first-order valence-corrected chi connectivity index (χ1v) is 13.4. The minimum atomic E-state index is -0.765. The number of hydrogen-bond acceptors (Lipinski definition) is 5. The number of benzene rings is 2. The number of ether oxygens (including phenoxy) is 1. The zero-order valence-corrected chi connectivity index (χ0v) is 22.8. The molecule has 204 valence electrons.